The van der Waals surface area contributed by atoms with Gasteiger partial charge in [0, 0.05) is 44.4 Å². The summed E-state index contributed by atoms with van der Waals surface area (Å²) in [4.78, 5) is 42.4. The molecule has 2 aliphatic rings. The van der Waals surface area contributed by atoms with E-state index in [-0.39, 0.29) is 23.3 Å². The molecule has 1 aromatic heterocycles. The SMILES string of the molecule is O=C(c1ccc(=O)[nH]c1)N1CCN(C(=O)[C@H]2C[C@@H]2c2ccccc2)CC1. The van der Waals surface area contributed by atoms with Crippen LogP contribution in [0, 0.1) is 5.92 Å². The Balaban J connectivity index is 1.32. The lowest BCUT2D eigenvalue weighted by atomic mass is 10.1. The summed E-state index contributed by atoms with van der Waals surface area (Å²) >= 11 is 0. The fraction of sp³-hybridized carbons (Fsp3) is 0.350. The molecule has 1 aliphatic carbocycles. The molecule has 6 nitrogen and oxygen atoms in total. The van der Waals surface area contributed by atoms with Crippen LogP contribution in [0.3, 0.4) is 0 Å². The summed E-state index contributed by atoms with van der Waals surface area (Å²) in [5.74, 6) is 0.514. The second-order valence-electron chi connectivity index (χ2n) is 6.92. The highest BCUT2D eigenvalue weighted by molar-refractivity contribution is 5.94. The molecule has 1 aromatic carbocycles. The molecular weight excluding hydrogens is 330 g/mol. The van der Waals surface area contributed by atoms with Crippen LogP contribution in [0.4, 0.5) is 0 Å². The number of rotatable bonds is 3. The van der Waals surface area contributed by atoms with Gasteiger partial charge in [-0.25, -0.2) is 0 Å². The van der Waals surface area contributed by atoms with Crippen LogP contribution in [-0.2, 0) is 4.79 Å². The van der Waals surface area contributed by atoms with Crippen molar-refractivity contribution in [2.75, 3.05) is 26.2 Å². The summed E-state index contributed by atoms with van der Waals surface area (Å²) in [5, 5.41) is 0. The smallest absolute Gasteiger partial charge is 0.255 e. The van der Waals surface area contributed by atoms with Crippen molar-refractivity contribution < 1.29 is 9.59 Å². The van der Waals surface area contributed by atoms with Crippen molar-refractivity contribution in [3.05, 3.63) is 70.1 Å². The summed E-state index contributed by atoms with van der Waals surface area (Å²) in [6, 6.07) is 13.1. The Morgan fingerprint density at radius 2 is 1.62 bits per heavy atom. The zero-order valence-electron chi connectivity index (χ0n) is 14.4. The largest absolute Gasteiger partial charge is 0.339 e. The van der Waals surface area contributed by atoms with E-state index in [9.17, 15) is 14.4 Å². The molecule has 2 aromatic rings. The summed E-state index contributed by atoms with van der Waals surface area (Å²) in [6.07, 6.45) is 2.36. The highest BCUT2D eigenvalue weighted by Gasteiger charge is 2.46. The van der Waals surface area contributed by atoms with Crippen LogP contribution in [-0.4, -0.2) is 52.8 Å². The van der Waals surface area contributed by atoms with Crippen molar-refractivity contribution in [3.8, 4) is 0 Å². The molecule has 1 saturated heterocycles. The molecule has 1 N–H and O–H groups in total. The van der Waals surface area contributed by atoms with Crippen LogP contribution in [0.5, 0.6) is 0 Å². The van der Waals surface area contributed by atoms with Crippen LogP contribution in [0.1, 0.15) is 28.3 Å². The van der Waals surface area contributed by atoms with Crippen molar-refractivity contribution in [1.82, 2.24) is 14.8 Å². The van der Waals surface area contributed by atoms with Gasteiger partial charge in [0.05, 0.1) is 5.56 Å². The van der Waals surface area contributed by atoms with Gasteiger partial charge in [0.1, 0.15) is 0 Å². The number of aromatic nitrogens is 1. The number of hydrogen-bond donors (Lipinski definition) is 1. The minimum atomic E-state index is -0.227. The first-order chi connectivity index (χ1) is 12.6. The van der Waals surface area contributed by atoms with Gasteiger partial charge in [-0.1, -0.05) is 30.3 Å². The molecule has 6 heteroatoms. The monoisotopic (exact) mass is 351 g/mol. The van der Waals surface area contributed by atoms with E-state index >= 15 is 0 Å². The first-order valence-electron chi connectivity index (χ1n) is 8.95. The van der Waals surface area contributed by atoms with E-state index in [0.717, 1.165) is 6.42 Å². The van der Waals surface area contributed by atoms with Crippen LogP contribution in [0.15, 0.2) is 53.5 Å². The highest BCUT2D eigenvalue weighted by Crippen LogP contribution is 2.48. The third kappa shape index (κ3) is 3.27. The molecule has 2 amide bonds. The molecule has 1 saturated carbocycles. The zero-order chi connectivity index (χ0) is 18.1. The maximum Gasteiger partial charge on any atom is 0.255 e. The molecular formula is C20H21N3O3. The standard InChI is InChI=1S/C20H21N3O3/c24-18-7-6-15(13-21-18)19(25)22-8-10-23(11-9-22)20(26)17-12-16(17)14-4-2-1-3-5-14/h1-7,13,16-17H,8-12H2,(H,21,24)/t16-,17+/m1/s1. The lowest BCUT2D eigenvalue weighted by molar-refractivity contribution is -0.134. The molecule has 2 atom stereocenters. The second kappa shape index (κ2) is 6.78. The molecule has 134 valence electrons. The normalized spacial score (nSPS) is 22.2. The Kier molecular flexibility index (Phi) is 4.32. The predicted octanol–water partition coefficient (Wildman–Crippen LogP) is 1.46. The van der Waals surface area contributed by atoms with Gasteiger partial charge in [0.2, 0.25) is 11.5 Å². The topological polar surface area (TPSA) is 73.5 Å². The summed E-state index contributed by atoms with van der Waals surface area (Å²) in [5.41, 5.74) is 1.47. The molecule has 0 bridgehead atoms. The van der Waals surface area contributed by atoms with Gasteiger partial charge >= 0.3 is 0 Å². The summed E-state index contributed by atoms with van der Waals surface area (Å²) < 4.78 is 0. The lowest BCUT2D eigenvalue weighted by Gasteiger charge is -2.35. The van der Waals surface area contributed by atoms with E-state index in [1.807, 2.05) is 23.1 Å². The van der Waals surface area contributed by atoms with Crippen LogP contribution in [0.25, 0.3) is 0 Å². The Labute approximate surface area is 151 Å². The molecule has 1 aliphatic heterocycles. The van der Waals surface area contributed by atoms with Gasteiger partial charge in [-0.15, -0.1) is 0 Å². The lowest BCUT2D eigenvalue weighted by Crippen LogP contribution is -2.51. The Morgan fingerprint density at radius 1 is 0.923 bits per heavy atom. The molecule has 2 fully saturated rings. The van der Waals surface area contributed by atoms with Crippen molar-refractivity contribution in [1.29, 1.82) is 0 Å². The number of carbonyl (C=O) groups excluding carboxylic acids is 2. The van der Waals surface area contributed by atoms with Gasteiger partial charge in [-0.05, 0) is 24.0 Å². The molecule has 0 unspecified atom stereocenters. The third-order valence-corrected chi connectivity index (χ3v) is 5.25. The minimum Gasteiger partial charge on any atom is -0.339 e. The van der Waals surface area contributed by atoms with E-state index in [0.29, 0.717) is 37.7 Å². The fourth-order valence-corrected chi connectivity index (χ4v) is 3.63. The van der Waals surface area contributed by atoms with E-state index in [4.69, 9.17) is 0 Å². The first kappa shape index (κ1) is 16.6. The van der Waals surface area contributed by atoms with Crippen molar-refractivity contribution in [3.63, 3.8) is 0 Å². The van der Waals surface area contributed by atoms with Crippen molar-refractivity contribution >= 4 is 11.8 Å². The van der Waals surface area contributed by atoms with Crippen molar-refractivity contribution in [2.45, 2.75) is 12.3 Å². The average Bonchev–Trinajstić information content (AvgIpc) is 3.49. The van der Waals surface area contributed by atoms with Gasteiger partial charge < -0.3 is 14.8 Å². The fourth-order valence-electron chi connectivity index (χ4n) is 3.63. The number of amides is 2. The number of pyridine rings is 1. The molecule has 26 heavy (non-hydrogen) atoms. The maximum absolute atomic E-state index is 12.7. The van der Waals surface area contributed by atoms with Gasteiger partial charge in [0.25, 0.3) is 5.91 Å². The van der Waals surface area contributed by atoms with Crippen LogP contribution >= 0.6 is 0 Å². The molecule has 2 heterocycles. The highest BCUT2D eigenvalue weighted by atomic mass is 16.2. The number of nitrogens with one attached hydrogen (secondary N) is 1. The Hall–Kier alpha value is -2.89. The number of carbonyl (C=O) groups is 2. The number of benzene rings is 1. The predicted molar refractivity (Wildman–Crippen MR) is 96.8 cm³/mol. The maximum atomic E-state index is 12.7. The number of hydrogen-bond acceptors (Lipinski definition) is 3. The number of piperazine rings is 1. The summed E-state index contributed by atoms with van der Waals surface area (Å²) in [6.45, 7) is 2.16. The van der Waals surface area contributed by atoms with E-state index in [2.05, 4.69) is 17.1 Å². The van der Waals surface area contributed by atoms with Gasteiger partial charge in [0.15, 0.2) is 0 Å². The number of nitrogens with zero attached hydrogens (tertiary/aromatic N) is 2. The van der Waals surface area contributed by atoms with E-state index < -0.39 is 0 Å². The van der Waals surface area contributed by atoms with Crippen molar-refractivity contribution in [2.24, 2.45) is 5.92 Å². The average molecular weight is 351 g/mol. The van der Waals surface area contributed by atoms with Gasteiger partial charge in [-0.2, -0.15) is 0 Å². The van der Waals surface area contributed by atoms with Gasteiger partial charge in [-0.3, -0.25) is 14.4 Å². The Morgan fingerprint density at radius 3 is 2.27 bits per heavy atom. The number of H-pyrrole nitrogens is 1. The molecule has 0 radical (unpaired) electrons. The minimum absolute atomic E-state index is 0.0823. The Bertz CT molecular complexity index is 849. The summed E-state index contributed by atoms with van der Waals surface area (Å²) in [7, 11) is 0. The third-order valence-electron chi connectivity index (χ3n) is 5.25. The molecule has 4 rings (SSSR count). The second-order valence-corrected chi connectivity index (χ2v) is 6.92. The van der Waals surface area contributed by atoms with E-state index in [1.165, 1.54) is 23.9 Å². The van der Waals surface area contributed by atoms with E-state index in [1.54, 1.807) is 4.90 Å². The molecule has 0 spiro atoms. The van der Waals surface area contributed by atoms with Crippen LogP contribution < -0.4 is 5.56 Å². The first-order valence-corrected chi connectivity index (χ1v) is 8.95. The van der Waals surface area contributed by atoms with Crippen LogP contribution in [0.2, 0.25) is 0 Å². The number of aromatic amines is 1. The quantitative estimate of drug-likeness (QED) is 0.910. The zero-order valence-corrected chi connectivity index (χ0v) is 14.4.